The molecule has 0 saturated carbocycles. The molecule has 1 heterocycles. The van der Waals surface area contributed by atoms with Gasteiger partial charge in [-0.2, -0.15) is 0 Å². The minimum atomic E-state index is 0.512. The van der Waals surface area contributed by atoms with Crippen LogP contribution in [0.2, 0.25) is 0 Å². The lowest BCUT2D eigenvalue weighted by molar-refractivity contribution is 0.355. The van der Waals surface area contributed by atoms with E-state index < -0.39 is 0 Å². The van der Waals surface area contributed by atoms with Crippen molar-refractivity contribution in [3.8, 4) is 23.0 Å². The average molecular weight is 370 g/mol. The Balaban J connectivity index is 2.27. The SMILES string of the molecule is COc1cc2c3cc(OC)c(OC)cc3c3sc(N)nc3c2cc1OC. The van der Waals surface area contributed by atoms with Crippen LogP contribution in [0.1, 0.15) is 0 Å². The van der Waals surface area contributed by atoms with Crippen molar-refractivity contribution in [3.05, 3.63) is 24.3 Å². The van der Waals surface area contributed by atoms with E-state index in [0.29, 0.717) is 28.1 Å². The molecule has 0 radical (unpaired) electrons. The lowest BCUT2D eigenvalue weighted by Gasteiger charge is -2.14. The summed E-state index contributed by atoms with van der Waals surface area (Å²) in [6.45, 7) is 0. The number of nitrogens with zero attached hydrogens (tertiary/aromatic N) is 1. The molecular formula is C19H18N2O4S. The molecule has 4 rings (SSSR count). The number of hydrogen-bond donors (Lipinski definition) is 1. The number of methoxy groups -OCH3 is 4. The lowest BCUT2D eigenvalue weighted by Crippen LogP contribution is -1.93. The predicted molar refractivity (Wildman–Crippen MR) is 105 cm³/mol. The monoisotopic (exact) mass is 370 g/mol. The van der Waals surface area contributed by atoms with Gasteiger partial charge in [-0.15, -0.1) is 0 Å². The Morgan fingerprint density at radius 2 is 1.12 bits per heavy atom. The van der Waals surface area contributed by atoms with E-state index in [1.807, 2.05) is 24.3 Å². The Bertz CT molecular complexity index is 1060. The molecule has 26 heavy (non-hydrogen) atoms. The summed E-state index contributed by atoms with van der Waals surface area (Å²) in [6, 6.07) is 7.82. The van der Waals surface area contributed by atoms with Gasteiger partial charge in [0.05, 0.1) is 38.7 Å². The maximum Gasteiger partial charge on any atom is 0.181 e. The Morgan fingerprint density at radius 3 is 1.62 bits per heavy atom. The lowest BCUT2D eigenvalue weighted by atomic mass is 9.99. The first-order valence-electron chi connectivity index (χ1n) is 7.90. The molecule has 0 aliphatic rings. The van der Waals surface area contributed by atoms with E-state index in [0.717, 1.165) is 31.8 Å². The Morgan fingerprint density at radius 1 is 0.692 bits per heavy atom. The first-order chi connectivity index (χ1) is 12.6. The second-order valence-electron chi connectivity index (χ2n) is 5.74. The van der Waals surface area contributed by atoms with Gasteiger partial charge in [0.2, 0.25) is 0 Å². The highest BCUT2D eigenvalue weighted by Gasteiger charge is 2.18. The normalized spacial score (nSPS) is 11.2. The van der Waals surface area contributed by atoms with Crippen LogP contribution in [0.5, 0.6) is 23.0 Å². The minimum Gasteiger partial charge on any atom is -0.493 e. The topological polar surface area (TPSA) is 75.8 Å². The number of ether oxygens (including phenoxy) is 4. The zero-order chi connectivity index (χ0) is 18.4. The molecule has 0 amide bonds. The van der Waals surface area contributed by atoms with Crippen molar-refractivity contribution in [2.75, 3.05) is 34.2 Å². The zero-order valence-corrected chi connectivity index (χ0v) is 15.7. The van der Waals surface area contributed by atoms with E-state index in [-0.39, 0.29) is 0 Å². The van der Waals surface area contributed by atoms with Gasteiger partial charge in [-0.3, -0.25) is 0 Å². The Labute approximate surface area is 154 Å². The van der Waals surface area contributed by atoms with E-state index in [1.54, 1.807) is 28.4 Å². The van der Waals surface area contributed by atoms with Crippen molar-refractivity contribution in [3.63, 3.8) is 0 Å². The maximum absolute atomic E-state index is 6.02. The van der Waals surface area contributed by atoms with Gasteiger partial charge in [0.25, 0.3) is 0 Å². The van der Waals surface area contributed by atoms with Gasteiger partial charge in [0.15, 0.2) is 28.1 Å². The van der Waals surface area contributed by atoms with Crippen LogP contribution in [0.3, 0.4) is 0 Å². The van der Waals surface area contributed by atoms with Gasteiger partial charge in [0.1, 0.15) is 0 Å². The van der Waals surface area contributed by atoms with Crippen LogP contribution in [0.25, 0.3) is 31.8 Å². The van der Waals surface area contributed by atoms with Crippen LogP contribution < -0.4 is 24.7 Å². The summed E-state index contributed by atoms with van der Waals surface area (Å²) >= 11 is 1.45. The molecule has 0 spiro atoms. The van der Waals surface area contributed by atoms with Crippen molar-refractivity contribution in [1.29, 1.82) is 0 Å². The number of nitrogen functional groups attached to an aromatic ring is 1. The van der Waals surface area contributed by atoms with E-state index >= 15 is 0 Å². The number of rotatable bonds is 4. The van der Waals surface area contributed by atoms with Crippen molar-refractivity contribution < 1.29 is 18.9 Å². The van der Waals surface area contributed by atoms with Gasteiger partial charge in [-0.05, 0) is 35.0 Å². The first-order valence-corrected chi connectivity index (χ1v) is 8.72. The standard InChI is InChI=1S/C19H18N2O4S/c1-22-13-5-9-10-6-14(23-2)16(25-4)8-12(10)18-17(21-19(20)26-18)11(9)7-15(13)24-3/h5-8H,1-4H3,(H2,20,21). The molecule has 4 aromatic rings. The van der Waals surface area contributed by atoms with Crippen molar-refractivity contribution in [2.24, 2.45) is 0 Å². The van der Waals surface area contributed by atoms with Crippen LogP contribution in [0.15, 0.2) is 24.3 Å². The van der Waals surface area contributed by atoms with Crippen LogP contribution in [0, 0.1) is 0 Å². The number of hydrogen-bond acceptors (Lipinski definition) is 7. The highest BCUT2D eigenvalue weighted by Crippen LogP contribution is 2.45. The largest absolute Gasteiger partial charge is 0.493 e. The molecule has 0 atom stereocenters. The number of nitrogens with two attached hydrogens (primary N) is 1. The highest BCUT2D eigenvalue weighted by molar-refractivity contribution is 7.23. The van der Waals surface area contributed by atoms with Crippen LogP contribution >= 0.6 is 11.3 Å². The number of benzene rings is 3. The molecule has 134 valence electrons. The fourth-order valence-electron chi connectivity index (χ4n) is 3.29. The zero-order valence-electron chi connectivity index (χ0n) is 14.9. The number of fused-ring (bicyclic) bond motifs is 6. The maximum atomic E-state index is 6.02. The summed E-state index contributed by atoms with van der Waals surface area (Å²) in [5.41, 5.74) is 6.86. The van der Waals surface area contributed by atoms with E-state index in [2.05, 4.69) is 4.98 Å². The van der Waals surface area contributed by atoms with Gasteiger partial charge < -0.3 is 24.7 Å². The molecule has 7 heteroatoms. The molecule has 3 aromatic carbocycles. The predicted octanol–water partition coefficient (Wildman–Crippen LogP) is 4.22. The minimum absolute atomic E-state index is 0.512. The average Bonchev–Trinajstić information content (AvgIpc) is 3.07. The van der Waals surface area contributed by atoms with Crippen molar-refractivity contribution in [1.82, 2.24) is 4.98 Å². The van der Waals surface area contributed by atoms with Crippen LogP contribution in [-0.4, -0.2) is 33.4 Å². The number of anilines is 1. The Hall–Kier alpha value is -2.93. The summed E-state index contributed by atoms with van der Waals surface area (Å²) in [4.78, 5) is 4.55. The summed E-state index contributed by atoms with van der Waals surface area (Å²) in [7, 11) is 6.48. The molecule has 1 aromatic heterocycles. The van der Waals surface area contributed by atoms with Crippen LogP contribution in [0.4, 0.5) is 5.13 Å². The molecular weight excluding hydrogens is 352 g/mol. The smallest absolute Gasteiger partial charge is 0.181 e. The van der Waals surface area contributed by atoms with Crippen LogP contribution in [-0.2, 0) is 0 Å². The molecule has 0 aliphatic heterocycles. The summed E-state index contributed by atoms with van der Waals surface area (Å²) < 4.78 is 22.9. The third-order valence-electron chi connectivity index (χ3n) is 4.48. The molecule has 2 N–H and O–H groups in total. The third-order valence-corrected chi connectivity index (χ3v) is 5.40. The van der Waals surface area contributed by atoms with E-state index in [1.165, 1.54) is 11.3 Å². The van der Waals surface area contributed by atoms with E-state index in [4.69, 9.17) is 24.7 Å². The van der Waals surface area contributed by atoms with Gasteiger partial charge in [-0.25, -0.2) is 4.98 Å². The number of thiazole rings is 1. The molecule has 6 nitrogen and oxygen atoms in total. The van der Waals surface area contributed by atoms with E-state index in [9.17, 15) is 0 Å². The van der Waals surface area contributed by atoms with Gasteiger partial charge in [-0.1, -0.05) is 11.3 Å². The molecule has 0 bridgehead atoms. The molecule has 0 saturated heterocycles. The third kappa shape index (κ3) is 2.28. The molecule has 0 unspecified atom stereocenters. The first kappa shape index (κ1) is 16.5. The molecule has 0 fully saturated rings. The van der Waals surface area contributed by atoms with Gasteiger partial charge in [0, 0.05) is 10.8 Å². The summed E-state index contributed by atoms with van der Waals surface area (Å²) in [6.07, 6.45) is 0. The van der Waals surface area contributed by atoms with Gasteiger partial charge >= 0.3 is 0 Å². The number of aromatic nitrogens is 1. The quantitative estimate of drug-likeness (QED) is 0.542. The molecule has 0 aliphatic carbocycles. The fourth-order valence-corrected chi connectivity index (χ4v) is 4.17. The summed E-state index contributed by atoms with van der Waals surface area (Å²) in [5, 5.41) is 4.46. The van der Waals surface area contributed by atoms with Crippen molar-refractivity contribution in [2.45, 2.75) is 0 Å². The second kappa shape index (κ2) is 6.10. The van der Waals surface area contributed by atoms with Crippen molar-refractivity contribution >= 4 is 48.2 Å². The fraction of sp³-hybridized carbons (Fsp3) is 0.211. The summed E-state index contributed by atoms with van der Waals surface area (Å²) in [5.74, 6) is 2.62. The second-order valence-corrected chi connectivity index (χ2v) is 6.77. The highest BCUT2D eigenvalue weighted by atomic mass is 32.1. The Kier molecular flexibility index (Phi) is 3.88.